The average molecular weight is 537 g/mol. The summed E-state index contributed by atoms with van der Waals surface area (Å²) < 4.78 is 0. The second-order valence-electron chi connectivity index (χ2n) is 13.7. The summed E-state index contributed by atoms with van der Waals surface area (Å²) in [7, 11) is 0. The number of rotatable bonds is 7. The minimum absolute atomic E-state index is 0.187. The van der Waals surface area contributed by atoms with Crippen LogP contribution in [0.3, 0.4) is 0 Å². The van der Waals surface area contributed by atoms with Crippen molar-refractivity contribution in [3.63, 3.8) is 0 Å². The van der Waals surface area contributed by atoms with Crippen molar-refractivity contribution in [3.8, 4) is 11.5 Å². The predicted molar refractivity (Wildman–Crippen MR) is 160 cm³/mol. The molecular weight excluding hydrogens is 488 g/mol. The Balaban J connectivity index is 2.02. The molecule has 0 atom stereocenters. The molecule has 0 aliphatic rings. The molecule has 214 valence electrons. The Bertz CT molecular complexity index is 1200. The summed E-state index contributed by atoms with van der Waals surface area (Å²) in [6, 6.07) is 7.75. The van der Waals surface area contributed by atoms with Crippen molar-refractivity contribution in [2.45, 2.75) is 111 Å². The van der Waals surface area contributed by atoms with Crippen molar-refractivity contribution >= 4 is 17.4 Å². The highest BCUT2D eigenvalue weighted by Crippen LogP contribution is 2.40. The number of carbonyl (C=O) groups is 2. The number of allylic oxidation sites excluding steroid dienone is 1. The molecule has 0 aromatic heterocycles. The average Bonchev–Trinajstić information content (AvgIpc) is 2.78. The van der Waals surface area contributed by atoms with Gasteiger partial charge in [-0.1, -0.05) is 87.1 Å². The first-order valence-electron chi connectivity index (χ1n) is 13.7. The predicted octanol–water partition coefficient (Wildman–Crippen LogP) is 6.74. The molecule has 2 amide bonds. The van der Waals surface area contributed by atoms with Gasteiger partial charge in [-0.3, -0.25) is 20.4 Å². The summed E-state index contributed by atoms with van der Waals surface area (Å²) in [5.74, 6) is -0.0297. The largest absolute Gasteiger partial charge is 0.507 e. The van der Waals surface area contributed by atoms with E-state index in [4.69, 9.17) is 0 Å². The topological polar surface area (TPSA) is 98.7 Å². The Morgan fingerprint density at radius 3 is 1.33 bits per heavy atom. The van der Waals surface area contributed by atoms with E-state index in [1.54, 1.807) is 0 Å². The van der Waals surface area contributed by atoms with E-state index >= 15 is 0 Å². The van der Waals surface area contributed by atoms with Crippen molar-refractivity contribution in [3.05, 3.63) is 64.2 Å². The number of aromatic hydroxyl groups is 2. The Kier molecular flexibility index (Phi) is 9.70. The Morgan fingerprint density at radius 1 is 0.667 bits per heavy atom. The smallest absolute Gasteiger partial charge is 0.238 e. The quantitative estimate of drug-likeness (QED) is 0.295. The highest BCUT2D eigenvalue weighted by Gasteiger charge is 2.27. The summed E-state index contributed by atoms with van der Waals surface area (Å²) >= 11 is 0. The zero-order valence-corrected chi connectivity index (χ0v) is 25.6. The minimum atomic E-state index is -0.291. The van der Waals surface area contributed by atoms with Crippen LogP contribution in [0.25, 0.3) is 5.57 Å². The highest BCUT2D eigenvalue weighted by molar-refractivity contribution is 5.82. The van der Waals surface area contributed by atoms with Crippen LogP contribution in [0.4, 0.5) is 0 Å². The first-order valence-corrected chi connectivity index (χ1v) is 13.7. The van der Waals surface area contributed by atoms with Gasteiger partial charge in [-0.2, -0.15) is 0 Å². The van der Waals surface area contributed by atoms with Crippen LogP contribution in [-0.2, 0) is 38.7 Å². The molecule has 0 spiro atoms. The highest BCUT2D eigenvalue weighted by atomic mass is 16.3. The summed E-state index contributed by atoms with van der Waals surface area (Å²) in [6.45, 7) is 24.3. The fraction of sp³-hybridized carbons (Fsp3) is 0.515. The van der Waals surface area contributed by atoms with Crippen LogP contribution in [0.5, 0.6) is 11.5 Å². The fourth-order valence-corrected chi connectivity index (χ4v) is 4.50. The lowest BCUT2D eigenvalue weighted by Gasteiger charge is -2.28. The summed E-state index contributed by atoms with van der Waals surface area (Å²) in [6.07, 6.45) is 1.34. The number of amides is 2. The van der Waals surface area contributed by atoms with E-state index in [-0.39, 0.29) is 46.7 Å². The molecule has 2 aromatic carbocycles. The fourth-order valence-electron chi connectivity index (χ4n) is 4.50. The second-order valence-corrected chi connectivity index (χ2v) is 13.7. The number of hydrogen-bond donors (Lipinski definition) is 4. The van der Waals surface area contributed by atoms with E-state index in [1.807, 2.05) is 52.0 Å². The van der Waals surface area contributed by atoms with Gasteiger partial charge in [0.05, 0.1) is 0 Å². The van der Waals surface area contributed by atoms with E-state index in [1.165, 1.54) is 0 Å². The maximum atomic E-state index is 12.5. The van der Waals surface area contributed by atoms with Crippen LogP contribution in [0.15, 0.2) is 30.8 Å². The third-order valence-corrected chi connectivity index (χ3v) is 6.85. The first-order chi connectivity index (χ1) is 17.7. The summed E-state index contributed by atoms with van der Waals surface area (Å²) in [5, 5.41) is 21.6. The number of hydrogen-bond acceptors (Lipinski definition) is 4. The molecule has 0 heterocycles. The van der Waals surface area contributed by atoms with Gasteiger partial charge in [0.1, 0.15) is 11.5 Å². The third kappa shape index (κ3) is 8.61. The molecule has 2 aromatic rings. The van der Waals surface area contributed by atoms with Gasteiger partial charge in [-0.05, 0) is 69.9 Å². The lowest BCUT2D eigenvalue weighted by molar-refractivity contribution is -0.128. The van der Waals surface area contributed by atoms with Crippen molar-refractivity contribution in [2.24, 2.45) is 0 Å². The van der Waals surface area contributed by atoms with E-state index < -0.39 is 0 Å². The molecule has 0 aliphatic carbocycles. The first kappa shape index (κ1) is 31.9. The number of carbonyl (C=O) groups excluding carboxylic acids is 2. The van der Waals surface area contributed by atoms with E-state index in [9.17, 15) is 19.8 Å². The standard InChI is InChI=1S/C33H48N2O4/c1-20(2)23-16-21(17-24(29(23)38)31(3,4)5)12-14-27(36)34-35-28(37)15-13-22-18-25(32(6,7)8)30(39)26(19-22)33(9,10)11/h16-19,38-39H,1,12-15H2,2-11H3,(H,34,36)(H,35,37). The van der Waals surface area contributed by atoms with E-state index in [2.05, 4.69) is 59.0 Å². The summed E-state index contributed by atoms with van der Waals surface area (Å²) in [4.78, 5) is 25.0. The molecule has 6 heteroatoms. The maximum Gasteiger partial charge on any atom is 0.238 e. The van der Waals surface area contributed by atoms with Crippen molar-refractivity contribution < 1.29 is 19.8 Å². The van der Waals surface area contributed by atoms with E-state index in [0.717, 1.165) is 33.4 Å². The molecule has 2 rings (SSSR count). The number of hydrazine groups is 1. The zero-order chi connectivity index (χ0) is 29.9. The number of phenols is 2. The normalized spacial score (nSPS) is 12.3. The van der Waals surface area contributed by atoms with Crippen LogP contribution >= 0.6 is 0 Å². The van der Waals surface area contributed by atoms with Gasteiger partial charge in [0.25, 0.3) is 0 Å². The molecule has 0 unspecified atom stereocenters. The van der Waals surface area contributed by atoms with Crippen molar-refractivity contribution in [1.29, 1.82) is 0 Å². The van der Waals surface area contributed by atoms with Crippen LogP contribution in [0, 0.1) is 0 Å². The van der Waals surface area contributed by atoms with Crippen LogP contribution in [0.2, 0.25) is 0 Å². The number of aryl methyl sites for hydroxylation is 2. The van der Waals surface area contributed by atoms with Crippen molar-refractivity contribution in [1.82, 2.24) is 10.9 Å². The van der Waals surface area contributed by atoms with Crippen LogP contribution in [-0.4, -0.2) is 22.0 Å². The van der Waals surface area contributed by atoms with Gasteiger partial charge < -0.3 is 10.2 Å². The van der Waals surface area contributed by atoms with Crippen LogP contribution in [0.1, 0.15) is 115 Å². The van der Waals surface area contributed by atoms with Gasteiger partial charge in [0.2, 0.25) is 11.8 Å². The van der Waals surface area contributed by atoms with Gasteiger partial charge in [0.15, 0.2) is 0 Å². The second kappa shape index (κ2) is 11.8. The Hall–Kier alpha value is -3.28. The molecule has 39 heavy (non-hydrogen) atoms. The molecule has 4 N–H and O–H groups in total. The zero-order valence-electron chi connectivity index (χ0n) is 25.6. The molecule has 0 bridgehead atoms. The summed E-state index contributed by atoms with van der Waals surface area (Å²) in [5.41, 5.74) is 10.2. The molecule has 6 nitrogen and oxygen atoms in total. The Labute approximate surface area is 234 Å². The van der Waals surface area contributed by atoms with Gasteiger partial charge in [0, 0.05) is 24.0 Å². The third-order valence-electron chi connectivity index (χ3n) is 6.85. The monoisotopic (exact) mass is 536 g/mol. The molecule has 0 fully saturated rings. The van der Waals surface area contributed by atoms with Gasteiger partial charge >= 0.3 is 0 Å². The lowest BCUT2D eigenvalue weighted by atomic mass is 9.78. The molecule has 0 aliphatic heterocycles. The molecule has 0 radical (unpaired) electrons. The lowest BCUT2D eigenvalue weighted by Crippen LogP contribution is -2.41. The van der Waals surface area contributed by atoms with Gasteiger partial charge in [-0.25, -0.2) is 0 Å². The SMILES string of the molecule is C=C(C)c1cc(CCC(=O)NNC(=O)CCc2cc(C(C)(C)C)c(O)c(C(C)(C)C)c2)cc(C(C)(C)C)c1O. The van der Waals surface area contributed by atoms with Gasteiger partial charge in [-0.15, -0.1) is 0 Å². The van der Waals surface area contributed by atoms with Crippen molar-refractivity contribution in [2.75, 3.05) is 0 Å². The number of phenolic OH excluding ortho intramolecular Hbond substituents is 2. The van der Waals surface area contributed by atoms with E-state index in [0.29, 0.717) is 24.2 Å². The number of nitrogens with one attached hydrogen (secondary N) is 2. The molecule has 0 saturated heterocycles. The van der Waals surface area contributed by atoms with Crippen LogP contribution < -0.4 is 10.9 Å². The Morgan fingerprint density at radius 2 is 1.00 bits per heavy atom. The number of benzene rings is 2. The minimum Gasteiger partial charge on any atom is -0.507 e. The molecule has 0 saturated carbocycles. The maximum absolute atomic E-state index is 12.5. The molecular formula is C33H48N2O4.